The highest BCUT2D eigenvalue weighted by molar-refractivity contribution is 6.18. The van der Waals surface area contributed by atoms with Crippen LogP contribution >= 0.6 is 11.6 Å². The lowest BCUT2D eigenvalue weighted by Gasteiger charge is -2.16. The van der Waals surface area contributed by atoms with Crippen molar-refractivity contribution in [3.05, 3.63) is 11.6 Å². The van der Waals surface area contributed by atoms with Crippen LogP contribution in [0, 0.1) is 23.7 Å². The second-order valence-electron chi connectivity index (χ2n) is 9.60. The van der Waals surface area contributed by atoms with Crippen molar-refractivity contribution in [1.82, 2.24) is 0 Å². The monoisotopic (exact) mass is 384 g/mol. The van der Waals surface area contributed by atoms with E-state index in [4.69, 9.17) is 11.6 Å². The van der Waals surface area contributed by atoms with Crippen molar-refractivity contribution < 1.29 is 0 Å². The fourth-order valence-electron chi connectivity index (χ4n) is 3.90. The molecule has 0 aliphatic carbocycles. The summed E-state index contributed by atoms with van der Waals surface area (Å²) in [7, 11) is 0. The van der Waals surface area contributed by atoms with Crippen LogP contribution in [-0.2, 0) is 0 Å². The molecule has 0 aliphatic rings. The summed E-state index contributed by atoms with van der Waals surface area (Å²) in [6.45, 7) is 14.2. The van der Waals surface area contributed by atoms with Gasteiger partial charge in [0.05, 0.1) is 0 Å². The first-order valence-corrected chi connectivity index (χ1v) is 12.1. The molecule has 0 radical (unpaired) electrons. The minimum atomic E-state index is 0.663. The van der Waals surface area contributed by atoms with Gasteiger partial charge in [0.25, 0.3) is 0 Å². The molecule has 0 rings (SSSR count). The van der Waals surface area contributed by atoms with Gasteiger partial charge in [-0.25, -0.2) is 0 Å². The molecule has 0 amide bonds. The Bertz CT molecular complexity index is 331. The zero-order valence-corrected chi connectivity index (χ0v) is 19.7. The molecule has 1 heteroatoms. The quantitative estimate of drug-likeness (QED) is 0.173. The van der Waals surface area contributed by atoms with Crippen molar-refractivity contribution in [1.29, 1.82) is 0 Å². The van der Waals surface area contributed by atoms with E-state index < -0.39 is 0 Å². The summed E-state index contributed by atoms with van der Waals surface area (Å²) < 4.78 is 0. The zero-order valence-electron chi connectivity index (χ0n) is 19.0. The molecular formula is C25H49Cl. The normalized spacial score (nSPS) is 16.1. The molecule has 3 atom stereocenters. The van der Waals surface area contributed by atoms with E-state index in [0.717, 1.165) is 23.7 Å². The molecule has 0 fully saturated rings. The van der Waals surface area contributed by atoms with Gasteiger partial charge in [0.1, 0.15) is 0 Å². The van der Waals surface area contributed by atoms with Crippen molar-refractivity contribution in [2.75, 3.05) is 5.88 Å². The molecule has 0 aromatic heterocycles. The standard InChI is InChI=1S/C25H49Cl/c1-21(2)11-7-12-22(3)13-8-14-23(4)15-9-16-24(5)17-10-18-25(6)19-20-26/h19,21-24H,7-18,20H2,1-6H3. The highest BCUT2D eigenvalue weighted by Gasteiger charge is 2.08. The minimum absolute atomic E-state index is 0.663. The molecule has 0 N–H and O–H groups in total. The van der Waals surface area contributed by atoms with E-state index in [1.54, 1.807) is 0 Å². The highest BCUT2D eigenvalue weighted by Crippen LogP contribution is 2.23. The number of hydrogen-bond donors (Lipinski definition) is 0. The van der Waals surface area contributed by atoms with Crippen molar-refractivity contribution in [2.45, 2.75) is 119 Å². The molecule has 0 saturated heterocycles. The van der Waals surface area contributed by atoms with Gasteiger partial charge in [-0.3, -0.25) is 0 Å². The summed E-state index contributed by atoms with van der Waals surface area (Å²) >= 11 is 5.75. The number of alkyl halides is 1. The predicted octanol–water partition coefficient (Wildman–Crippen LogP) is 9.42. The highest BCUT2D eigenvalue weighted by atomic mass is 35.5. The third kappa shape index (κ3) is 17.4. The minimum Gasteiger partial charge on any atom is -0.122 e. The Kier molecular flexibility index (Phi) is 17.2. The molecule has 0 heterocycles. The van der Waals surface area contributed by atoms with E-state index in [2.05, 4.69) is 47.6 Å². The molecule has 0 aromatic carbocycles. The average molecular weight is 385 g/mol. The van der Waals surface area contributed by atoms with Gasteiger partial charge in [0.15, 0.2) is 0 Å². The molecule has 3 unspecified atom stereocenters. The average Bonchev–Trinajstić information content (AvgIpc) is 2.54. The summed E-state index contributed by atoms with van der Waals surface area (Å²) in [5.41, 5.74) is 1.46. The van der Waals surface area contributed by atoms with Crippen LogP contribution < -0.4 is 0 Å². The first kappa shape index (κ1) is 26.0. The van der Waals surface area contributed by atoms with Gasteiger partial charge >= 0.3 is 0 Å². The number of hydrogen-bond acceptors (Lipinski definition) is 0. The van der Waals surface area contributed by atoms with Gasteiger partial charge in [-0.1, -0.05) is 110 Å². The Balaban J connectivity index is 3.58. The van der Waals surface area contributed by atoms with Crippen LogP contribution in [0.25, 0.3) is 0 Å². The first-order valence-electron chi connectivity index (χ1n) is 11.6. The third-order valence-electron chi connectivity index (χ3n) is 5.96. The van der Waals surface area contributed by atoms with Crippen LogP contribution in [0.1, 0.15) is 119 Å². The molecule has 0 aromatic rings. The molecule has 0 nitrogen and oxygen atoms in total. The number of rotatable bonds is 17. The third-order valence-corrected chi connectivity index (χ3v) is 6.11. The maximum atomic E-state index is 5.75. The Hall–Kier alpha value is 0.0300. The van der Waals surface area contributed by atoms with Crippen molar-refractivity contribution in [3.8, 4) is 0 Å². The lowest BCUT2D eigenvalue weighted by atomic mass is 9.90. The van der Waals surface area contributed by atoms with Crippen LogP contribution in [0.15, 0.2) is 11.6 Å². The zero-order chi connectivity index (χ0) is 19.8. The molecule has 0 bridgehead atoms. The Labute approximate surface area is 171 Å². The van der Waals surface area contributed by atoms with Crippen LogP contribution in [-0.4, -0.2) is 5.88 Å². The van der Waals surface area contributed by atoms with Gasteiger partial charge in [0, 0.05) is 5.88 Å². The summed E-state index contributed by atoms with van der Waals surface area (Å²) in [5, 5.41) is 0. The topological polar surface area (TPSA) is 0 Å². The molecule has 156 valence electrons. The van der Waals surface area contributed by atoms with E-state index in [0.29, 0.717) is 5.88 Å². The van der Waals surface area contributed by atoms with Crippen LogP contribution in [0.2, 0.25) is 0 Å². The number of allylic oxidation sites excluding steroid dienone is 2. The smallest absolute Gasteiger partial charge is 0.0406 e. The van der Waals surface area contributed by atoms with Crippen LogP contribution in [0.5, 0.6) is 0 Å². The van der Waals surface area contributed by atoms with Gasteiger partial charge in [-0.2, -0.15) is 0 Å². The second kappa shape index (κ2) is 17.2. The SMILES string of the molecule is CC(=CCCl)CCCC(C)CCCC(C)CCCC(C)CCCC(C)C. The van der Waals surface area contributed by atoms with Gasteiger partial charge in [0.2, 0.25) is 0 Å². The predicted molar refractivity (Wildman–Crippen MR) is 122 cm³/mol. The van der Waals surface area contributed by atoms with E-state index in [1.165, 1.54) is 82.6 Å². The van der Waals surface area contributed by atoms with Gasteiger partial charge in [-0.05, 0) is 43.4 Å². The van der Waals surface area contributed by atoms with Crippen molar-refractivity contribution in [3.63, 3.8) is 0 Å². The van der Waals surface area contributed by atoms with Gasteiger partial charge in [-0.15, -0.1) is 11.6 Å². The van der Waals surface area contributed by atoms with E-state index >= 15 is 0 Å². The molecule has 0 aliphatic heterocycles. The van der Waals surface area contributed by atoms with Crippen molar-refractivity contribution >= 4 is 11.6 Å². The Morgan fingerprint density at radius 1 is 0.654 bits per heavy atom. The molecule has 26 heavy (non-hydrogen) atoms. The summed E-state index contributed by atoms with van der Waals surface area (Å²) in [6.07, 6.45) is 18.9. The van der Waals surface area contributed by atoms with E-state index in [1.807, 2.05) is 0 Å². The van der Waals surface area contributed by atoms with Gasteiger partial charge < -0.3 is 0 Å². The van der Waals surface area contributed by atoms with Crippen molar-refractivity contribution in [2.24, 2.45) is 23.7 Å². The fraction of sp³-hybridized carbons (Fsp3) is 0.920. The summed E-state index contributed by atoms with van der Waals surface area (Å²) in [4.78, 5) is 0. The Morgan fingerprint density at radius 3 is 1.42 bits per heavy atom. The maximum absolute atomic E-state index is 5.75. The lowest BCUT2D eigenvalue weighted by Crippen LogP contribution is -2.01. The van der Waals surface area contributed by atoms with Crippen LogP contribution in [0.3, 0.4) is 0 Å². The second-order valence-corrected chi connectivity index (χ2v) is 9.91. The number of halogens is 1. The lowest BCUT2D eigenvalue weighted by molar-refractivity contribution is 0.372. The van der Waals surface area contributed by atoms with E-state index in [9.17, 15) is 0 Å². The molecular weight excluding hydrogens is 336 g/mol. The summed E-state index contributed by atoms with van der Waals surface area (Å²) in [5.74, 6) is 4.26. The van der Waals surface area contributed by atoms with E-state index in [-0.39, 0.29) is 0 Å². The molecule has 0 spiro atoms. The maximum Gasteiger partial charge on any atom is 0.0406 e. The molecule has 0 saturated carbocycles. The first-order chi connectivity index (χ1) is 12.3. The Morgan fingerprint density at radius 2 is 1.04 bits per heavy atom. The summed E-state index contributed by atoms with van der Waals surface area (Å²) in [6, 6.07) is 0. The van der Waals surface area contributed by atoms with Crippen LogP contribution in [0.4, 0.5) is 0 Å². The largest absolute Gasteiger partial charge is 0.122 e. The fourth-order valence-corrected chi connectivity index (χ4v) is 4.16.